The van der Waals surface area contributed by atoms with Crippen LogP contribution in [0.2, 0.25) is 5.15 Å². The van der Waals surface area contributed by atoms with Gasteiger partial charge in [0.2, 0.25) is 0 Å². The second-order valence-electron chi connectivity index (χ2n) is 5.16. The molecule has 2 aromatic rings. The largest absolute Gasteiger partial charge is 0.486 e. The molecule has 98 valence electrons. The minimum Gasteiger partial charge on any atom is -0.486 e. The van der Waals surface area contributed by atoms with Gasteiger partial charge in [-0.05, 0) is 41.4 Å². The Morgan fingerprint density at radius 2 is 2.16 bits per heavy atom. The summed E-state index contributed by atoms with van der Waals surface area (Å²) >= 11 is 9.33. The van der Waals surface area contributed by atoms with Crippen LogP contribution in [0.15, 0.2) is 28.9 Å². The van der Waals surface area contributed by atoms with E-state index >= 15 is 0 Å². The van der Waals surface area contributed by atoms with Crippen molar-refractivity contribution in [2.75, 3.05) is 0 Å². The number of hydrogen-bond donors (Lipinski definition) is 0. The molecule has 1 aliphatic heterocycles. The van der Waals surface area contributed by atoms with Crippen molar-refractivity contribution in [3.8, 4) is 17.1 Å². The second-order valence-corrected chi connectivity index (χ2v) is 6.38. The lowest BCUT2D eigenvalue weighted by Gasteiger charge is -2.18. The Labute approximate surface area is 125 Å². The van der Waals surface area contributed by atoms with Crippen LogP contribution in [0.5, 0.6) is 5.75 Å². The summed E-state index contributed by atoms with van der Waals surface area (Å²) in [7, 11) is 0. The molecule has 0 unspecified atom stereocenters. The lowest BCUT2D eigenvalue weighted by atomic mass is 10.0. The zero-order valence-electron chi connectivity index (χ0n) is 10.6. The molecule has 5 heteroatoms. The third kappa shape index (κ3) is 2.35. The van der Waals surface area contributed by atoms with Crippen molar-refractivity contribution >= 4 is 27.5 Å². The van der Waals surface area contributed by atoms with E-state index in [0.717, 1.165) is 17.7 Å². The summed E-state index contributed by atoms with van der Waals surface area (Å²) in [5, 5.41) is 0.403. The van der Waals surface area contributed by atoms with Gasteiger partial charge in [0.05, 0.1) is 10.0 Å². The third-order valence-electron chi connectivity index (χ3n) is 3.03. The quantitative estimate of drug-likeness (QED) is 0.728. The van der Waals surface area contributed by atoms with Crippen molar-refractivity contribution < 1.29 is 4.74 Å². The highest BCUT2D eigenvalue weighted by molar-refractivity contribution is 9.10. The fourth-order valence-electron chi connectivity index (χ4n) is 2.27. The van der Waals surface area contributed by atoms with Crippen molar-refractivity contribution in [3.63, 3.8) is 0 Å². The number of aromatic nitrogens is 2. The normalized spacial score (nSPS) is 16.0. The molecule has 0 N–H and O–H groups in total. The molecule has 1 aromatic heterocycles. The zero-order valence-corrected chi connectivity index (χ0v) is 12.9. The smallest absolute Gasteiger partial charge is 0.164 e. The van der Waals surface area contributed by atoms with Crippen LogP contribution in [0.3, 0.4) is 0 Å². The van der Waals surface area contributed by atoms with Gasteiger partial charge in [-0.25, -0.2) is 9.97 Å². The fraction of sp³-hybridized carbons (Fsp3) is 0.286. The van der Waals surface area contributed by atoms with E-state index in [1.165, 1.54) is 5.56 Å². The molecule has 3 rings (SSSR count). The highest BCUT2D eigenvalue weighted by Gasteiger charge is 2.32. The van der Waals surface area contributed by atoms with Crippen molar-refractivity contribution in [1.82, 2.24) is 9.97 Å². The number of benzene rings is 1. The summed E-state index contributed by atoms with van der Waals surface area (Å²) in [4.78, 5) is 8.61. The summed E-state index contributed by atoms with van der Waals surface area (Å²) < 4.78 is 6.70. The number of rotatable bonds is 1. The van der Waals surface area contributed by atoms with Crippen LogP contribution in [-0.2, 0) is 6.42 Å². The molecule has 0 radical (unpaired) electrons. The van der Waals surface area contributed by atoms with Gasteiger partial charge < -0.3 is 4.74 Å². The summed E-state index contributed by atoms with van der Waals surface area (Å²) in [5.41, 5.74) is 1.89. The first-order valence-electron chi connectivity index (χ1n) is 5.96. The lowest BCUT2D eigenvalue weighted by Crippen LogP contribution is -2.24. The molecule has 0 atom stereocenters. The summed E-state index contributed by atoms with van der Waals surface area (Å²) in [6.45, 7) is 4.15. The Kier molecular flexibility index (Phi) is 3.02. The highest BCUT2D eigenvalue weighted by atomic mass is 79.9. The van der Waals surface area contributed by atoms with Gasteiger partial charge in [-0.15, -0.1) is 0 Å². The van der Waals surface area contributed by atoms with Gasteiger partial charge in [-0.3, -0.25) is 0 Å². The maximum atomic E-state index is 6.03. The molecule has 0 aliphatic carbocycles. The van der Waals surface area contributed by atoms with Crippen LogP contribution in [0.1, 0.15) is 19.4 Å². The van der Waals surface area contributed by atoms with Crippen LogP contribution >= 0.6 is 27.5 Å². The Bertz CT molecular complexity index is 658. The number of fused-ring (bicyclic) bond motifs is 1. The van der Waals surface area contributed by atoms with Gasteiger partial charge in [-0.1, -0.05) is 23.7 Å². The molecule has 19 heavy (non-hydrogen) atoms. The van der Waals surface area contributed by atoms with Gasteiger partial charge in [-0.2, -0.15) is 0 Å². The van der Waals surface area contributed by atoms with E-state index in [9.17, 15) is 0 Å². The van der Waals surface area contributed by atoms with Crippen LogP contribution in [0, 0.1) is 0 Å². The molecule has 0 spiro atoms. The minimum atomic E-state index is -0.183. The number of nitrogens with zero attached hydrogens (tertiary/aromatic N) is 2. The minimum absolute atomic E-state index is 0.183. The fourth-order valence-corrected chi connectivity index (χ4v) is 2.59. The molecule has 0 saturated carbocycles. The first-order valence-corrected chi connectivity index (χ1v) is 7.13. The third-order valence-corrected chi connectivity index (χ3v) is 4.13. The summed E-state index contributed by atoms with van der Waals surface area (Å²) in [6, 6.07) is 6.03. The topological polar surface area (TPSA) is 35.0 Å². The molecular weight excluding hydrogens is 328 g/mol. The van der Waals surface area contributed by atoms with E-state index in [1.54, 1.807) is 6.20 Å². The SMILES string of the molecule is CC1(C)Cc2cccc(-c3ncc(Br)c(Cl)n3)c2O1. The number of ether oxygens (including phenoxy) is 1. The predicted molar refractivity (Wildman–Crippen MR) is 78.6 cm³/mol. The summed E-state index contributed by atoms with van der Waals surface area (Å²) in [5.74, 6) is 1.45. The first-order chi connectivity index (χ1) is 8.96. The van der Waals surface area contributed by atoms with E-state index in [4.69, 9.17) is 16.3 Å². The van der Waals surface area contributed by atoms with Crippen LogP contribution in [0.4, 0.5) is 0 Å². The maximum absolute atomic E-state index is 6.03. The van der Waals surface area contributed by atoms with E-state index < -0.39 is 0 Å². The van der Waals surface area contributed by atoms with Crippen molar-refractivity contribution in [2.45, 2.75) is 25.9 Å². The molecule has 0 fully saturated rings. The Morgan fingerprint density at radius 1 is 1.37 bits per heavy atom. The Hall–Kier alpha value is -1.13. The first kappa shape index (κ1) is 12.9. The zero-order chi connectivity index (χ0) is 13.6. The summed E-state index contributed by atoms with van der Waals surface area (Å²) in [6.07, 6.45) is 2.55. The molecule has 0 amide bonds. The van der Waals surface area contributed by atoms with E-state index in [0.29, 0.717) is 15.5 Å². The van der Waals surface area contributed by atoms with Crippen molar-refractivity contribution in [1.29, 1.82) is 0 Å². The standard InChI is InChI=1S/C14H12BrClN2O/c1-14(2)6-8-4-3-5-9(11(8)19-14)13-17-7-10(15)12(16)18-13/h3-5,7H,6H2,1-2H3. The Morgan fingerprint density at radius 3 is 2.89 bits per heavy atom. The maximum Gasteiger partial charge on any atom is 0.164 e. The molecule has 1 aromatic carbocycles. The monoisotopic (exact) mass is 338 g/mol. The molecule has 0 saturated heterocycles. The van der Waals surface area contributed by atoms with Crippen LogP contribution in [-0.4, -0.2) is 15.6 Å². The average Bonchev–Trinajstić information content (AvgIpc) is 2.66. The van der Waals surface area contributed by atoms with E-state index in [1.807, 2.05) is 12.1 Å². The van der Waals surface area contributed by atoms with Gasteiger partial charge in [0, 0.05) is 12.6 Å². The predicted octanol–water partition coefficient (Wildman–Crippen LogP) is 4.27. The number of halogens is 2. The Balaban J connectivity index is 2.13. The van der Waals surface area contributed by atoms with Gasteiger partial charge >= 0.3 is 0 Å². The number of para-hydroxylation sites is 1. The van der Waals surface area contributed by atoms with Gasteiger partial charge in [0.15, 0.2) is 5.82 Å². The lowest BCUT2D eigenvalue weighted by molar-refractivity contribution is 0.139. The van der Waals surface area contributed by atoms with Crippen LogP contribution in [0.25, 0.3) is 11.4 Å². The van der Waals surface area contributed by atoms with E-state index in [2.05, 4.69) is 45.8 Å². The number of hydrogen-bond acceptors (Lipinski definition) is 3. The molecular formula is C14H12BrClN2O. The van der Waals surface area contributed by atoms with E-state index in [-0.39, 0.29) is 5.60 Å². The average molecular weight is 340 g/mol. The molecule has 1 aliphatic rings. The van der Waals surface area contributed by atoms with Crippen molar-refractivity contribution in [2.24, 2.45) is 0 Å². The molecule has 0 bridgehead atoms. The van der Waals surface area contributed by atoms with Crippen molar-refractivity contribution in [3.05, 3.63) is 39.6 Å². The molecule has 3 nitrogen and oxygen atoms in total. The van der Waals surface area contributed by atoms with Crippen LogP contribution < -0.4 is 4.74 Å². The van der Waals surface area contributed by atoms with Gasteiger partial charge in [0.25, 0.3) is 0 Å². The molecule has 2 heterocycles. The van der Waals surface area contributed by atoms with Gasteiger partial charge in [0.1, 0.15) is 16.5 Å². The highest BCUT2D eigenvalue weighted by Crippen LogP contribution is 2.41. The second kappa shape index (κ2) is 4.46.